The fourth-order valence-electron chi connectivity index (χ4n) is 4.19. The molecule has 4 rings (SSSR count). The predicted molar refractivity (Wildman–Crippen MR) is 127 cm³/mol. The molecule has 3 aromatic rings. The van der Waals surface area contributed by atoms with E-state index in [1.165, 1.54) is 16.1 Å². The predicted octanol–water partition coefficient (Wildman–Crippen LogP) is 3.87. The van der Waals surface area contributed by atoms with Gasteiger partial charge in [-0.2, -0.15) is 4.31 Å². The number of aromatic nitrogens is 2. The second-order valence-corrected chi connectivity index (χ2v) is 11.4. The van der Waals surface area contributed by atoms with Gasteiger partial charge < -0.3 is 9.88 Å². The van der Waals surface area contributed by atoms with E-state index in [1.54, 1.807) is 29.2 Å². The van der Waals surface area contributed by atoms with E-state index >= 15 is 0 Å². The number of aromatic amines is 1. The maximum absolute atomic E-state index is 13.4. The number of nitrogens with zero attached hydrogens (tertiary/aromatic N) is 3. The summed E-state index contributed by atoms with van der Waals surface area (Å²) >= 11 is 1.34. The van der Waals surface area contributed by atoms with Crippen molar-refractivity contribution in [2.24, 2.45) is 5.92 Å². The van der Waals surface area contributed by atoms with Crippen molar-refractivity contribution in [1.82, 2.24) is 19.2 Å². The number of hydrogen-bond donors (Lipinski definition) is 1. The number of imidazole rings is 1. The van der Waals surface area contributed by atoms with Gasteiger partial charge in [0.1, 0.15) is 6.17 Å². The van der Waals surface area contributed by atoms with Crippen molar-refractivity contribution in [3.05, 3.63) is 54.1 Å². The molecule has 9 heteroatoms. The summed E-state index contributed by atoms with van der Waals surface area (Å²) in [6.07, 6.45) is -0.528. The number of rotatable bonds is 6. The molecule has 2 atom stereocenters. The molecular weight excluding hydrogens is 444 g/mol. The molecule has 32 heavy (non-hydrogen) atoms. The van der Waals surface area contributed by atoms with Crippen molar-refractivity contribution in [2.75, 3.05) is 12.3 Å². The van der Waals surface area contributed by atoms with Gasteiger partial charge in [-0.15, -0.1) is 0 Å². The number of thioether (sulfide) groups is 1. The zero-order valence-corrected chi connectivity index (χ0v) is 20.3. The molecule has 170 valence electrons. The number of benzene rings is 2. The lowest BCUT2D eigenvalue weighted by Gasteiger charge is -2.33. The van der Waals surface area contributed by atoms with Crippen LogP contribution in [-0.4, -0.2) is 58.0 Å². The number of sulfonamides is 1. The fraction of sp³-hybridized carbons (Fsp3) is 0.391. The van der Waals surface area contributed by atoms with Gasteiger partial charge in [-0.05, 0) is 44.0 Å². The molecule has 0 spiro atoms. The fourth-order valence-corrected chi connectivity index (χ4v) is 6.74. The molecule has 2 unspecified atom stereocenters. The van der Waals surface area contributed by atoms with Crippen LogP contribution < -0.4 is 0 Å². The summed E-state index contributed by atoms with van der Waals surface area (Å²) in [6, 6.07) is 14.4. The number of carbonyl (C=O) groups excluding carboxylic acids is 1. The minimum Gasteiger partial charge on any atom is -0.333 e. The number of nitrogens with one attached hydrogen (secondary N) is 1. The molecule has 1 amide bonds. The second kappa shape index (κ2) is 8.88. The highest BCUT2D eigenvalue weighted by Crippen LogP contribution is 2.33. The van der Waals surface area contributed by atoms with Crippen molar-refractivity contribution in [1.29, 1.82) is 0 Å². The van der Waals surface area contributed by atoms with Crippen LogP contribution in [0.1, 0.15) is 26.3 Å². The van der Waals surface area contributed by atoms with Crippen molar-refractivity contribution >= 4 is 38.7 Å². The summed E-state index contributed by atoms with van der Waals surface area (Å²) in [5.41, 5.74) is 2.78. The number of hydrogen-bond acceptors (Lipinski definition) is 5. The highest BCUT2D eigenvalue weighted by Gasteiger charge is 2.47. The maximum Gasteiger partial charge on any atom is 0.244 e. The largest absolute Gasteiger partial charge is 0.333 e. The van der Waals surface area contributed by atoms with Gasteiger partial charge in [-0.1, -0.05) is 55.4 Å². The molecule has 0 bridgehead atoms. The van der Waals surface area contributed by atoms with E-state index in [0.717, 1.165) is 16.6 Å². The first-order valence-corrected chi connectivity index (χ1v) is 13.1. The molecule has 1 fully saturated rings. The Morgan fingerprint density at radius 3 is 2.53 bits per heavy atom. The molecule has 1 N–H and O–H groups in total. The van der Waals surface area contributed by atoms with E-state index in [2.05, 4.69) is 9.97 Å². The van der Waals surface area contributed by atoms with Gasteiger partial charge in [0.15, 0.2) is 5.16 Å². The van der Waals surface area contributed by atoms with E-state index < -0.39 is 16.2 Å². The van der Waals surface area contributed by atoms with Gasteiger partial charge in [0.25, 0.3) is 0 Å². The first-order chi connectivity index (χ1) is 15.2. The molecule has 1 aliphatic heterocycles. The molecule has 2 aromatic carbocycles. The normalized spacial score (nSPS) is 19.8. The van der Waals surface area contributed by atoms with Gasteiger partial charge in [0, 0.05) is 12.6 Å². The zero-order chi connectivity index (χ0) is 23.0. The number of carbonyl (C=O) groups is 1. The lowest BCUT2D eigenvalue weighted by Crippen LogP contribution is -2.49. The third-order valence-corrected chi connectivity index (χ3v) is 8.42. The smallest absolute Gasteiger partial charge is 0.244 e. The van der Waals surface area contributed by atoms with Crippen LogP contribution in [0, 0.1) is 12.8 Å². The Hall–Kier alpha value is -2.36. The van der Waals surface area contributed by atoms with Crippen LogP contribution in [0.2, 0.25) is 0 Å². The van der Waals surface area contributed by atoms with E-state index in [4.69, 9.17) is 0 Å². The average Bonchev–Trinajstić information content (AvgIpc) is 3.33. The van der Waals surface area contributed by atoms with E-state index in [-0.39, 0.29) is 35.1 Å². The zero-order valence-electron chi connectivity index (χ0n) is 18.6. The summed E-state index contributed by atoms with van der Waals surface area (Å²) < 4.78 is 28.3. The van der Waals surface area contributed by atoms with E-state index in [1.807, 2.05) is 52.0 Å². The van der Waals surface area contributed by atoms with Crippen LogP contribution in [0.3, 0.4) is 0 Å². The standard InChI is InChI=1S/C23H28N4O3S2/c1-15(2)22-26(32(29,30)18-11-9-16(3)10-12-18)13-17(4)27(22)21(28)14-31-23-24-19-7-5-6-8-20(19)25-23/h5-12,15,17,22H,13-14H2,1-4H3,(H,24,25). The van der Waals surface area contributed by atoms with Crippen molar-refractivity contribution in [3.63, 3.8) is 0 Å². The molecule has 7 nitrogen and oxygen atoms in total. The summed E-state index contributed by atoms with van der Waals surface area (Å²) in [7, 11) is -3.72. The average molecular weight is 473 g/mol. The molecule has 1 aliphatic rings. The highest BCUT2D eigenvalue weighted by atomic mass is 32.2. The van der Waals surface area contributed by atoms with Crippen LogP contribution in [-0.2, 0) is 14.8 Å². The third kappa shape index (κ3) is 4.29. The molecule has 2 heterocycles. The van der Waals surface area contributed by atoms with Gasteiger partial charge in [0.05, 0.1) is 21.7 Å². The summed E-state index contributed by atoms with van der Waals surface area (Å²) in [5.74, 6) is 0.0369. The molecule has 0 radical (unpaired) electrons. The van der Waals surface area contributed by atoms with Crippen LogP contribution in [0.15, 0.2) is 58.6 Å². The SMILES string of the molecule is Cc1ccc(S(=O)(=O)N2CC(C)N(C(=O)CSc3nc4ccccc4[nH]3)C2C(C)C)cc1. The molecule has 0 aliphatic carbocycles. The Bertz CT molecular complexity index is 1190. The van der Waals surface area contributed by atoms with E-state index in [0.29, 0.717) is 5.16 Å². The minimum absolute atomic E-state index is 0.0553. The quantitative estimate of drug-likeness (QED) is 0.551. The van der Waals surface area contributed by atoms with Gasteiger partial charge in [0.2, 0.25) is 15.9 Å². The van der Waals surface area contributed by atoms with Crippen molar-refractivity contribution in [3.8, 4) is 0 Å². The topological polar surface area (TPSA) is 86.4 Å². The van der Waals surface area contributed by atoms with Gasteiger partial charge in [-0.3, -0.25) is 4.79 Å². The second-order valence-electron chi connectivity index (χ2n) is 8.54. The van der Waals surface area contributed by atoms with Crippen LogP contribution in [0.4, 0.5) is 0 Å². The van der Waals surface area contributed by atoms with Gasteiger partial charge >= 0.3 is 0 Å². The van der Waals surface area contributed by atoms with Crippen molar-refractivity contribution < 1.29 is 13.2 Å². The molecule has 0 saturated carbocycles. The number of para-hydroxylation sites is 2. The highest BCUT2D eigenvalue weighted by molar-refractivity contribution is 7.99. The number of aryl methyl sites for hydroxylation is 1. The summed E-state index contributed by atoms with van der Waals surface area (Å²) in [6.45, 7) is 8.01. The summed E-state index contributed by atoms with van der Waals surface area (Å²) in [4.78, 5) is 23.0. The lowest BCUT2D eigenvalue weighted by molar-refractivity contribution is -0.132. The number of fused-ring (bicyclic) bond motifs is 1. The van der Waals surface area contributed by atoms with Gasteiger partial charge in [-0.25, -0.2) is 13.4 Å². The number of amides is 1. The Morgan fingerprint density at radius 2 is 1.88 bits per heavy atom. The van der Waals surface area contributed by atoms with Crippen LogP contribution in [0.25, 0.3) is 11.0 Å². The van der Waals surface area contributed by atoms with Crippen LogP contribution in [0.5, 0.6) is 0 Å². The first-order valence-electron chi connectivity index (χ1n) is 10.7. The molecular formula is C23H28N4O3S2. The summed E-state index contributed by atoms with van der Waals surface area (Å²) in [5, 5.41) is 0.677. The lowest BCUT2D eigenvalue weighted by atomic mass is 10.1. The molecule has 1 saturated heterocycles. The monoisotopic (exact) mass is 472 g/mol. The molecule has 1 aromatic heterocycles. The Labute approximate surface area is 193 Å². The van der Waals surface area contributed by atoms with E-state index in [9.17, 15) is 13.2 Å². The van der Waals surface area contributed by atoms with Crippen molar-refractivity contribution in [2.45, 2.75) is 50.0 Å². The first kappa shape index (κ1) is 22.8. The number of H-pyrrole nitrogens is 1. The maximum atomic E-state index is 13.4. The Morgan fingerprint density at radius 1 is 1.19 bits per heavy atom. The Kier molecular flexibility index (Phi) is 6.33. The minimum atomic E-state index is -3.72. The van der Waals surface area contributed by atoms with Crippen LogP contribution >= 0.6 is 11.8 Å². The Balaban J connectivity index is 1.54. The third-order valence-electron chi connectivity index (χ3n) is 5.71.